The third-order valence-electron chi connectivity index (χ3n) is 3.73. The van der Waals surface area contributed by atoms with Gasteiger partial charge in [-0.1, -0.05) is 30.0 Å². The van der Waals surface area contributed by atoms with Gasteiger partial charge in [-0.2, -0.15) is 5.10 Å². The third-order valence-corrected chi connectivity index (χ3v) is 3.73. The quantitative estimate of drug-likeness (QED) is 0.755. The zero-order valence-corrected chi connectivity index (χ0v) is 12.6. The van der Waals surface area contributed by atoms with Crippen molar-refractivity contribution in [2.24, 2.45) is 5.92 Å². The maximum Gasteiger partial charge on any atom is 0.404 e. The fourth-order valence-corrected chi connectivity index (χ4v) is 2.58. The number of benzene rings is 1. The molecule has 1 atom stereocenters. The number of hydrogen-bond donors (Lipinski definition) is 3. The summed E-state index contributed by atoms with van der Waals surface area (Å²) in [7, 11) is 0. The van der Waals surface area contributed by atoms with Crippen LogP contribution in [0.15, 0.2) is 36.5 Å². The molecule has 0 aliphatic carbocycles. The predicted octanol–water partition coefficient (Wildman–Crippen LogP) is 1.79. The standard InChI is InChI=1S/C17H18N4O2/c22-17(23)19-10-14-9-18-16-15(11-20-21(16)12-14)8-4-7-13-5-2-1-3-6-13/h1-3,5-6,11,14,18-19H,8-10,12H2,(H,22,23). The van der Waals surface area contributed by atoms with Gasteiger partial charge in [0.15, 0.2) is 0 Å². The summed E-state index contributed by atoms with van der Waals surface area (Å²) in [6, 6.07) is 9.88. The highest BCUT2D eigenvalue weighted by atomic mass is 16.4. The van der Waals surface area contributed by atoms with E-state index in [9.17, 15) is 4.79 Å². The molecule has 1 amide bonds. The normalized spacial score (nSPS) is 15.7. The highest BCUT2D eigenvalue weighted by Crippen LogP contribution is 2.21. The Bertz CT molecular complexity index is 743. The molecule has 6 nitrogen and oxygen atoms in total. The Labute approximate surface area is 134 Å². The van der Waals surface area contributed by atoms with Gasteiger partial charge in [0.05, 0.1) is 6.20 Å². The van der Waals surface area contributed by atoms with E-state index in [1.54, 1.807) is 0 Å². The Morgan fingerprint density at radius 2 is 2.26 bits per heavy atom. The molecule has 1 aromatic carbocycles. The first kappa shape index (κ1) is 15.0. The number of rotatable bonds is 3. The summed E-state index contributed by atoms with van der Waals surface area (Å²) in [4.78, 5) is 10.6. The first-order chi connectivity index (χ1) is 11.2. The molecule has 0 radical (unpaired) electrons. The Balaban J connectivity index is 1.62. The van der Waals surface area contributed by atoms with Gasteiger partial charge < -0.3 is 15.7 Å². The van der Waals surface area contributed by atoms with E-state index in [0.717, 1.165) is 23.5 Å². The highest BCUT2D eigenvalue weighted by molar-refractivity contribution is 5.64. The molecule has 6 heteroatoms. The van der Waals surface area contributed by atoms with Crippen molar-refractivity contribution < 1.29 is 9.90 Å². The molecule has 0 spiro atoms. The fourth-order valence-electron chi connectivity index (χ4n) is 2.58. The van der Waals surface area contributed by atoms with E-state index < -0.39 is 6.09 Å². The van der Waals surface area contributed by atoms with Crippen molar-refractivity contribution in [2.45, 2.75) is 13.0 Å². The van der Waals surface area contributed by atoms with Gasteiger partial charge in [-0.05, 0) is 12.1 Å². The molecule has 23 heavy (non-hydrogen) atoms. The Morgan fingerprint density at radius 3 is 3.04 bits per heavy atom. The molecule has 1 aliphatic heterocycles. The zero-order chi connectivity index (χ0) is 16.1. The van der Waals surface area contributed by atoms with E-state index in [0.29, 0.717) is 19.5 Å². The highest BCUT2D eigenvalue weighted by Gasteiger charge is 2.21. The smallest absolute Gasteiger partial charge is 0.404 e. The lowest BCUT2D eigenvalue weighted by atomic mass is 10.1. The number of carboxylic acid groups (broad SMARTS) is 1. The van der Waals surface area contributed by atoms with E-state index in [1.807, 2.05) is 41.2 Å². The number of nitrogens with zero attached hydrogens (tertiary/aromatic N) is 2. The minimum atomic E-state index is -0.992. The van der Waals surface area contributed by atoms with Gasteiger partial charge in [-0.15, -0.1) is 0 Å². The summed E-state index contributed by atoms with van der Waals surface area (Å²) in [5.41, 5.74) is 2.07. The van der Waals surface area contributed by atoms with E-state index in [-0.39, 0.29) is 5.92 Å². The van der Waals surface area contributed by atoms with Crippen LogP contribution in [0.4, 0.5) is 10.6 Å². The third kappa shape index (κ3) is 3.83. The average molecular weight is 310 g/mol. The molecule has 1 aliphatic rings. The summed E-state index contributed by atoms with van der Waals surface area (Å²) in [6.07, 6.45) is 1.47. The lowest BCUT2D eigenvalue weighted by Gasteiger charge is -2.25. The van der Waals surface area contributed by atoms with Crippen LogP contribution in [0.25, 0.3) is 0 Å². The molecule has 2 heterocycles. The van der Waals surface area contributed by atoms with Crippen LogP contribution in [0.2, 0.25) is 0 Å². The van der Waals surface area contributed by atoms with Gasteiger partial charge in [-0.3, -0.25) is 0 Å². The number of aromatic nitrogens is 2. The van der Waals surface area contributed by atoms with Crippen molar-refractivity contribution in [3.63, 3.8) is 0 Å². The van der Waals surface area contributed by atoms with Gasteiger partial charge in [0.1, 0.15) is 5.82 Å². The van der Waals surface area contributed by atoms with Crippen LogP contribution in [0.3, 0.4) is 0 Å². The summed E-state index contributed by atoms with van der Waals surface area (Å²) in [5.74, 6) is 7.49. The molecule has 0 fully saturated rings. The molecule has 3 N–H and O–H groups in total. The number of nitrogens with one attached hydrogen (secondary N) is 2. The Kier molecular flexibility index (Phi) is 4.48. The number of fused-ring (bicyclic) bond motifs is 1. The van der Waals surface area contributed by atoms with E-state index in [4.69, 9.17) is 5.11 Å². The summed E-state index contributed by atoms with van der Waals surface area (Å²) < 4.78 is 1.89. The molecule has 0 saturated carbocycles. The molecule has 1 unspecified atom stereocenters. The van der Waals surface area contributed by atoms with Crippen LogP contribution in [0.5, 0.6) is 0 Å². The van der Waals surface area contributed by atoms with Crippen molar-refractivity contribution in [1.29, 1.82) is 0 Å². The minimum absolute atomic E-state index is 0.196. The molecule has 0 bridgehead atoms. The van der Waals surface area contributed by atoms with Crippen molar-refractivity contribution in [3.8, 4) is 11.8 Å². The van der Waals surface area contributed by atoms with E-state index in [1.165, 1.54) is 0 Å². The van der Waals surface area contributed by atoms with Gasteiger partial charge in [0.2, 0.25) is 0 Å². The monoisotopic (exact) mass is 310 g/mol. The number of hydrogen-bond acceptors (Lipinski definition) is 3. The summed E-state index contributed by atoms with van der Waals surface area (Å²) >= 11 is 0. The fraction of sp³-hybridized carbons (Fsp3) is 0.294. The second-order valence-corrected chi connectivity index (χ2v) is 5.48. The second-order valence-electron chi connectivity index (χ2n) is 5.48. The molecule has 118 valence electrons. The van der Waals surface area contributed by atoms with Gasteiger partial charge >= 0.3 is 6.09 Å². The first-order valence-corrected chi connectivity index (χ1v) is 7.51. The number of amides is 1. The molecule has 2 aromatic rings. The van der Waals surface area contributed by atoms with Crippen molar-refractivity contribution >= 4 is 11.9 Å². The van der Waals surface area contributed by atoms with Crippen molar-refractivity contribution in [3.05, 3.63) is 47.7 Å². The lowest BCUT2D eigenvalue weighted by Crippen LogP contribution is -2.37. The summed E-state index contributed by atoms with van der Waals surface area (Å²) in [6.45, 7) is 1.85. The van der Waals surface area contributed by atoms with Crippen LogP contribution in [-0.2, 0) is 13.0 Å². The SMILES string of the molecule is O=C(O)NCC1CNc2c(CC#Cc3ccccc3)cnn2C1. The van der Waals surface area contributed by atoms with Gasteiger partial charge in [-0.25, -0.2) is 9.48 Å². The largest absolute Gasteiger partial charge is 0.465 e. The average Bonchev–Trinajstić information content (AvgIpc) is 2.96. The Hall–Kier alpha value is -2.94. The molecule has 1 aromatic heterocycles. The predicted molar refractivity (Wildman–Crippen MR) is 87.3 cm³/mol. The Morgan fingerprint density at radius 1 is 1.43 bits per heavy atom. The van der Waals surface area contributed by atoms with Crippen LogP contribution >= 0.6 is 0 Å². The molecule has 3 rings (SSSR count). The van der Waals surface area contributed by atoms with Crippen LogP contribution < -0.4 is 10.6 Å². The lowest BCUT2D eigenvalue weighted by molar-refractivity contribution is 0.191. The van der Waals surface area contributed by atoms with E-state index >= 15 is 0 Å². The summed E-state index contributed by atoms with van der Waals surface area (Å²) in [5, 5.41) is 18.8. The van der Waals surface area contributed by atoms with Crippen molar-refractivity contribution in [1.82, 2.24) is 15.1 Å². The maximum atomic E-state index is 10.6. The number of carbonyl (C=O) groups is 1. The van der Waals surface area contributed by atoms with Gasteiger partial charge in [0.25, 0.3) is 0 Å². The van der Waals surface area contributed by atoms with Crippen LogP contribution in [-0.4, -0.2) is 34.1 Å². The minimum Gasteiger partial charge on any atom is -0.465 e. The maximum absolute atomic E-state index is 10.6. The molecule has 0 saturated heterocycles. The topological polar surface area (TPSA) is 79.2 Å². The molecular weight excluding hydrogens is 292 g/mol. The first-order valence-electron chi connectivity index (χ1n) is 7.51. The van der Waals surface area contributed by atoms with E-state index in [2.05, 4.69) is 27.6 Å². The molecular formula is C17H18N4O2. The van der Waals surface area contributed by atoms with Crippen molar-refractivity contribution in [2.75, 3.05) is 18.4 Å². The zero-order valence-electron chi connectivity index (χ0n) is 12.6. The van der Waals surface area contributed by atoms with Crippen LogP contribution in [0, 0.1) is 17.8 Å². The van der Waals surface area contributed by atoms with Gasteiger partial charge in [0, 0.05) is 43.1 Å². The second kappa shape index (κ2) is 6.88. The van der Waals surface area contributed by atoms with Crippen LogP contribution in [0.1, 0.15) is 11.1 Å². The number of anilines is 1.